The molecule has 6 heterocycles. The Bertz CT molecular complexity index is 4580. The van der Waals surface area contributed by atoms with Crippen LogP contribution in [0, 0.1) is 11.8 Å². The Hall–Kier alpha value is -9.47. The van der Waals surface area contributed by atoms with Crippen molar-refractivity contribution in [1.82, 2.24) is 20.5 Å². The molecule has 1 aliphatic carbocycles. The summed E-state index contributed by atoms with van der Waals surface area (Å²) in [6.45, 7) is 5.58. The molecule has 13 rings (SSSR count). The van der Waals surface area contributed by atoms with Crippen LogP contribution in [-0.4, -0.2) is 80.7 Å². The van der Waals surface area contributed by atoms with E-state index in [9.17, 15) is 44.1 Å². The van der Waals surface area contributed by atoms with Crippen LogP contribution in [0.5, 0.6) is 17.2 Å². The molecule has 0 bridgehead atoms. The second-order valence-corrected chi connectivity index (χ2v) is 23.3. The molecular formula is C69H56Cl2N5O12-. The third kappa shape index (κ3) is 10.3. The first-order chi connectivity index (χ1) is 42.7. The number of nitrogens with one attached hydrogen (secondary N) is 3. The standard InChI is InChI=1S/C69H57Cl2N5O12/c1-2-3-27-86-28-22-72-66(80)40-16-18-42(68(82)83)47(31-40)55-43-19-17-41(77)32-54(43)87-62-44(55)20-21-53(78)51(62)35-74-65(79)37-14-12-36(13-15-37)34-73-67(81)50-33-52(70)57(58(59(50)71)69(84)85)56-48-29-38-8-4-23-75-25-6-10-45(60(38)75)63(48)88-64-46-11-7-26-76-24-5-9-39(61(46)76)30-49(56)64/h12-21,29-33H,4-11,22-28,34-35H2,1H3,(H5-,72,73,74,77,78,79,80,81,82,83,84,85)/p-1. The van der Waals surface area contributed by atoms with Crippen LogP contribution < -0.4 is 56.4 Å². The lowest BCUT2D eigenvalue weighted by atomic mass is 9.81. The molecule has 3 amide bonds. The third-order valence-corrected chi connectivity index (χ3v) is 18.0. The number of carbonyl (C=O) groups is 5. The molecule has 0 fully saturated rings. The fraction of sp³-hybridized carbons (Fsp3) is 0.261. The Morgan fingerprint density at radius 3 is 2.26 bits per heavy atom. The number of carboxylic acids is 2. The van der Waals surface area contributed by atoms with Gasteiger partial charge >= 0.3 is 5.97 Å². The van der Waals surface area contributed by atoms with Gasteiger partial charge < -0.3 is 54.9 Å². The number of carbonyl (C=O) groups excluding carboxylic acids is 4. The number of aromatic carboxylic acids is 2. The first-order valence-electron chi connectivity index (χ1n) is 29.3. The minimum absolute atomic E-state index is 0.00107. The number of fused-ring (bicyclic) bond motifs is 6. The number of amides is 3. The summed E-state index contributed by atoms with van der Waals surface area (Å²) < 4.78 is 21.3. The molecule has 0 saturated heterocycles. The van der Waals surface area contributed by atoms with E-state index in [0.29, 0.717) is 28.2 Å². The fourth-order valence-corrected chi connectivity index (χ4v) is 14.0. The van der Waals surface area contributed by atoms with Gasteiger partial charge in [0.05, 0.1) is 39.3 Å². The van der Waals surface area contributed by atoms with Crippen LogP contribution in [0.25, 0.3) is 39.0 Å². The van der Waals surface area contributed by atoms with E-state index in [-0.39, 0.29) is 104 Å². The van der Waals surface area contributed by atoms with Gasteiger partial charge in [-0.1, -0.05) is 53.4 Å². The van der Waals surface area contributed by atoms with E-state index < -0.39 is 46.4 Å². The second kappa shape index (κ2) is 23.7. The molecule has 6 aromatic carbocycles. The van der Waals surface area contributed by atoms with E-state index in [1.807, 2.05) is 0 Å². The van der Waals surface area contributed by atoms with Crippen molar-refractivity contribution in [2.75, 3.05) is 50.8 Å². The van der Waals surface area contributed by atoms with Gasteiger partial charge in [-0.05, 0) is 123 Å². The van der Waals surface area contributed by atoms with E-state index in [1.165, 1.54) is 77.8 Å². The Kier molecular flexibility index (Phi) is 15.5. The molecule has 0 spiro atoms. The Morgan fingerprint density at radius 1 is 0.739 bits per heavy atom. The predicted molar refractivity (Wildman–Crippen MR) is 327 cm³/mol. The van der Waals surface area contributed by atoms with E-state index in [2.05, 4.69) is 49.4 Å². The van der Waals surface area contributed by atoms with E-state index in [0.717, 1.165) is 111 Å². The molecule has 17 nitrogen and oxygen atoms in total. The summed E-state index contributed by atoms with van der Waals surface area (Å²) in [7, 11) is 0. The summed E-state index contributed by atoms with van der Waals surface area (Å²) in [6.07, 6.45) is 7.13. The number of halogens is 2. The maximum atomic E-state index is 14.2. The average molecular weight is 1220 g/mol. The largest absolute Gasteiger partial charge is 0.872 e. The Morgan fingerprint density at radius 2 is 1.48 bits per heavy atom. The number of hydrogen-bond donors (Lipinski definition) is 4. The van der Waals surface area contributed by atoms with Crippen molar-refractivity contribution in [2.45, 2.75) is 71.4 Å². The number of carboxylic acid groups (broad SMARTS) is 2. The molecule has 6 aromatic rings. The molecule has 0 unspecified atom stereocenters. The van der Waals surface area contributed by atoms with Gasteiger partial charge in [0.1, 0.15) is 42.5 Å². The molecule has 19 heteroatoms. The Labute approximate surface area is 514 Å². The summed E-state index contributed by atoms with van der Waals surface area (Å²) in [5.74, 6) is 1.68. The number of anilines is 1. The average Bonchev–Trinajstić information content (AvgIpc) is 0.742. The smallest absolute Gasteiger partial charge is 0.336 e. The maximum Gasteiger partial charge on any atom is 0.336 e. The normalized spacial score (nSPS) is 14.4. The minimum Gasteiger partial charge on any atom is -0.872 e. The van der Waals surface area contributed by atoms with Crippen LogP contribution in [0.3, 0.4) is 0 Å². The van der Waals surface area contributed by atoms with Gasteiger partial charge in [0.15, 0.2) is 5.43 Å². The number of hydrogen-bond acceptors (Lipinski definition) is 12. The molecule has 0 saturated carbocycles. The monoisotopic (exact) mass is 1220 g/mol. The number of aryl methyl sites for hydroxylation is 2. The molecule has 88 heavy (non-hydrogen) atoms. The highest BCUT2D eigenvalue weighted by Gasteiger charge is 2.38. The highest BCUT2D eigenvalue weighted by atomic mass is 35.5. The van der Waals surface area contributed by atoms with Gasteiger partial charge in [0, 0.05) is 129 Å². The zero-order valence-corrected chi connectivity index (χ0v) is 49.3. The summed E-state index contributed by atoms with van der Waals surface area (Å²) >= 11 is 14.4. The fourth-order valence-electron chi connectivity index (χ4n) is 13.4. The highest BCUT2D eigenvalue weighted by molar-refractivity contribution is 6.40. The molecule has 444 valence electrons. The van der Waals surface area contributed by atoms with Crippen molar-refractivity contribution in [3.63, 3.8) is 0 Å². The Balaban J connectivity index is 0.771. The first-order valence-corrected chi connectivity index (χ1v) is 30.1. The minimum atomic E-state index is -1.60. The van der Waals surface area contributed by atoms with Crippen molar-refractivity contribution in [2.24, 2.45) is 0 Å². The summed E-state index contributed by atoms with van der Waals surface area (Å²) in [5, 5.41) is 48.0. The number of nitrogens with zero attached hydrogens (tertiary/aromatic N) is 2. The van der Waals surface area contributed by atoms with Gasteiger partial charge in [-0.3, -0.25) is 19.2 Å². The predicted octanol–water partition coefficient (Wildman–Crippen LogP) is 7.07. The van der Waals surface area contributed by atoms with Crippen LogP contribution in [-0.2, 0) is 43.5 Å². The van der Waals surface area contributed by atoms with Crippen LogP contribution in [0.2, 0.25) is 10.0 Å². The molecule has 0 aromatic heterocycles. The molecule has 6 aliphatic heterocycles. The zero-order valence-electron chi connectivity index (χ0n) is 47.8. The van der Waals surface area contributed by atoms with Crippen molar-refractivity contribution < 1.29 is 53.2 Å². The lowest BCUT2D eigenvalue weighted by Crippen LogP contribution is -2.45. The van der Waals surface area contributed by atoms with Crippen molar-refractivity contribution in [3.05, 3.63) is 194 Å². The summed E-state index contributed by atoms with van der Waals surface area (Å²) in [4.78, 5) is 83.0. The molecule has 0 radical (unpaired) electrons. The van der Waals surface area contributed by atoms with Crippen LogP contribution in [0.4, 0.5) is 5.69 Å². The van der Waals surface area contributed by atoms with Crippen molar-refractivity contribution in [3.8, 4) is 51.5 Å². The second-order valence-electron chi connectivity index (χ2n) is 22.5. The first kappa shape index (κ1) is 57.6. The van der Waals surface area contributed by atoms with Crippen molar-refractivity contribution >= 4 is 75.1 Å². The SMILES string of the molecule is CC#CCOCCNC(=O)c1ccc(C(=O)O)c(-c2c3ccc(=O)cc-3oc3c(CNC(=O)c4ccc(CNC(=O)c5cc(Cl)c(C6=c7cc8c9c(c7Oc7c6cc6c%10c7CCCN%10CCC6)CCC[N+]=9CCC8)c(C(=O)[O-])c5Cl)cc4)c([O-])ccc23)c1. The summed E-state index contributed by atoms with van der Waals surface area (Å²) in [5.41, 5.74) is 7.56. The molecule has 0 atom stereocenters. The van der Waals surface area contributed by atoms with Crippen LogP contribution in [0.15, 0.2) is 100 Å². The van der Waals surface area contributed by atoms with Crippen LogP contribution in [0.1, 0.15) is 129 Å². The van der Waals surface area contributed by atoms with Gasteiger partial charge in [0.2, 0.25) is 5.36 Å². The van der Waals surface area contributed by atoms with Gasteiger partial charge in [-0.2, -0.15) is 0 Å². The number of ether oxygens (including phenoxy) is 2. The quantitative estimate of drug-likeness (QED) is 0.0348. The zero-order chi connectivity index (χ0) is 61.1. The van der Waals surface area contributed by atoms with E-state index >= 15 is 0 Å². The van der Waals surface area contributed by atoms with Gasteiger partial charge in [0.25, 0.3) is 17.7 Å². The van der Waals surface area contributed by atoms with Crippen LogP contribution >= 0.6 is 23.2 Å². The third-order valence-electron chi connectivity index (χ3n) is 17.3. The lowest BCUT2D eigenvalue weighted by molar-refractivity contribution is -0.269. The summed E-state index contributed by atoms with van der Waals surface area (Å²) in [6, 6.07) is 22.7. The van der Waals surface area contributed by atoms with Gasteiger partial charge in [-0.25, -0.2) is 9.37 Å². The molecule has 7 aliphatic rings. The van der Waals surface area contributed by atoms with Crippen molar-refractivity contribution in [1.29, 1.82) is 0 Å². The van der Waals surface area contributed by atoms with E-state index in [1.54, 1.807) is 19.1 Å². The molecular weight excluding hydrogens is 1160 g/mol. The number of rotatable bonds is 15. The van der Waals surface area contributed by atoms with E-state index in [4.69, 9.17) is 37.1 Å². The van der Waals surface area contributed by atoms with Gasteiger partial charge in [-0.15, -0.1) is 11.7 Å². The maximum absolute atomic E-state index is 14.2. The molecule has 4 N–H and O–H groups in total. The lowest BCUT2D eigenvalue weighted by Gasteiger charge is -2.39. The highest BCUT2D eigenvalue weighted by Crippen LogP contribution is 2.51. The topological polar surface area (TPSA) is 243 Å². The number of benzene rings is 7.